The molecule has 7 nitrogen and oxygen atoms in total. The molecule has 0 aromatic carbocycles. The van der Waals surface area contributed by atoms with Crippen LogP contribution in [0.1, 0.15) is 27.2 Å². The van der Waals surface area contributed by atoms with E-state index in [4.69, 9.17) is 10.6 Å². The molecule has 3 rings (SSSR count). The van der Waals surface area contributed by atoms with Gasteiger partial charge in [0.25, 0.3) is 0 Å². The minimum atomic E-state index is 0.0629. The quantitative estimate of drug-likeness (QED) is 0.573. The molecule has 4 N–H and O–H groups in total. The van der Waals surface area contributed by atoms with Crippen molar-refractivity contribution in [1.82, 2.24) is 14.4 Å². The zero-order chi connectivity index (χ0) is 15.0. The highest BCUT2D eigenvalue weighted by Gasteiger charge is 2.49. The maximum absolute atomic E-state index is 5.76. The van der Waals surface area contributed by atoms with Crippen LogP contribution in [0.3, 0.4) is 0 Å². The average Bonchev–Trinajstić information content (AvgIpc) is 2.94. The largest absolute Gasteiger partial charge is 0.378 e. The lowest BCUT2D eigenvalue weighted by atomic mass is 9.64. The second kappa shape index (κ2) is 5.16. The van der Waals surface area contributed by atoms with Gasteiger partial charge < -0.3 is 19.9 Å². The Balaban J connectivity index is 1.84. The van der Waals surface area contributed by atoms with E-state index in [0.29, 0.717) is 11.9 Å². The van der Waals surface area contributed by atoms with Crippen molar-refractivity contribution in [2.45, 2.75) is 39.3 Å². The van der Waals surface area contributed by atoms with Crippen molar-refractivity contribution in [3.8, 4) is 0 Å². The molecule has 1 fully saturated rings. The summed E-state index contributed by atoms with van der Waals surface area (Å²) in [5.41, 5.74) is 3.44. The maximum atomic E-state index is 5.76. The summed E-state index contributed by atoms with van der Waals surface area (Å²) in [4.78, 5) is 8.83. The highest BCUT2D eigenvalue weighted by Crippen LogP contribution is 2.44. The first-order valence-corrected chi connectivity index (χ1v) is 7.24. The van der Waals surface area contributed by atoms with Gasteiger partial charge in [0.2, 0.25) is 0 Å². The zero-order valence-corrected chi connectivity index (χ0v) is 12.6. The van der Waals surface area contributed by atoms with E-state index in [1.165, 1.54) is 0 Å². The van der Waals surface area contributed by atoms with E-state index in [2.05, 4.69) is 34.6 Å². The van der Waals surface area contributed by atoms with Gasteiger partial charge in [0.05, 0.1) is 12.3 Å². The van der Waals surface area contributed by atoms with Crippen LogP contribution in [0.2, 0.25) is 0 Å². The lowest BCUT2D eigenvalue weighted by Gasteiger charge is -2.51. The summed E-state index contributed by atoms with van der Waals surface area (Å²) in [6, 6.07) is 0.301. The van der Waals surface area contributed by atoms with Crippen molar-refractivity contribution in [3.05, 3.63) is 18.6 Å². The number of rotatable bonds is 5. The van der Waals surface area contributed by atoms with E-state index in [1.807, 2.05) is 23.7 Å². The predicted molar refractivity (Wildman–Crippen MR) is 82.0 cm³/mol. The Hall–Kier alpha value is -1.86. The van der Waals surface area contributed by atoms with Crippen LogP contribution in [0.4, 0.5) is 11.6 Å². The number of hydrazine groups is 1. The van der Waals surface area contributed by atoms with Crippen molar-refractivity contribution in [2.75, 3.05) is 17.3 Å². The predicted octanol–water partition coefficient (Wildman–Crippen LogP) is 1.63. The standard InChI is InChI=1S/C14H22N6O/c1-4-21-10-7-9(14(10,2)3)17-12-13-16-5-6-20(13)8-11(18-12)19-15/h5-6,8-10,19H,4,7,15H2,1-3H3,(H,17,18). The van der Waals surface area contributed by atoms with E-state index >= 15 is 0 Å². The number of hydrogen-bond donors (Lipinski definition) is 3. The summed E-state index contributed by atoms with van der Waals surface area (Å²) in [5.74, 6) is 6.81. The van der Waals surface area contributed by atoms with E-state index in [0.717, 1.165) is 24.5 Å². The molecule has 1 saturated carbocycles. The smallest absolute Gasteiger partial charge is 0.180 e. The summed E-state index contributed by atoms with van der Waals surface area (Å²) < 4.78 is 7.66. The van der Waals surface area contributed by atoms with Crippen molar-refractivity contribution < 1.29 is 4.74 Å². The second-order valence-electron chi connectivity index (χ2n) is 5.98. The fourth-order valence-electron chi connectivity index (χ4n) is 2.88. The van der Waals surface area contributed by atoms with Crippen LogP contribution in [0, 0.1) is 5.41 Å². The molecule has 7 heteroatoms. The summed E-state index contributed by atoms with van der Waals surface area (Å²) >= 11 is 0. The minimum Gasteiger partial charge on any atom is -0.378 e. The number of hydrogen-bond acceptors (Lipinski definition) is 6. The van der Waals surface area contributed by atoms with Crippen molar-refractivity contribution in [3.63, 3.8) is 0 Å². The Labute approximate surface area is 123 Å². The van der Waals surface area contributed by atoms with Gasteiger partial charge in [-0.05, 0) is 13.3 Å². The summed E-state index contributed by atoms with van der Waals surface area (Å²) in [5, 5.41) is 3.49. The molecule has 114 valence electrons. The lowest BCUT2D eigenvalue weighted by molar-refractivity contribution is -0.0976. The topological polar surface area (TPSA) is 89.5 Å². The highest BCUT2D eigenvalue weighted by molar-refractivity contribution is 5.66. The van der Waals surface area contributed by atoms with E-state index in [1.54, 1.807) is 6.20 Å². The first-order chi connectivity index (χ1) is 10.1. The second-order valence-corrected chi connectivity index (χ2v) is 5.98. The van der Waals surface area contributed by atoms with Gasteiger partial charge in [0, 0.05) is 30.5 Å². The fraction of sp³-hybridized carbons (Fsp3) is 0.571. The van der Waals surface area contributed by atoms with Gasteiger partial charge >= 0.3 is 0 Å². The van der Waals surface area contributed by atoms with Crippen LogP contribution in [0.25, 0.3) is 5.65 Å². The molecule has 0 amide bonds. The summed E-state index contributed by atoms with van der Waals surface area (Å²) in [7, 11) is 0. The number of imidazole rings is 1. The van der Waals surface area contributed by atoms with Crippen molar-refractivity contribution in [1.29, 1.82) is 0 Å². The molecule has 2 aromatic heterocycles. The van der Waals surface area contributed by atoms with Crippen LogP contribution in [0.15, 0.2) is 18.6 Å². The average molecular weight is 290 g/mol. The summed E-state index contributed by atoms with van der Waals surface area (Å²) in [6.07, 6.45) is 6.68. The van der Waals surface area contributed by atoms with Crippen LogP contribution in [0.5, 0.6) is 0 Å². The van der Waals surface area contributed by atoms with Gasteiger partial charge in [-0.2, -0.15) is 0 Å². The molecule has 0 bridgehead atoms. The van der Waals surface area contributed by atoms with E-state index < -0.39 is 0 Å². The molecule has 2 heterocycles. The minimum absolute atomic E-state index is 0.0629. The Morgan fingerprint density at radius 1 is 1.52 bits per heavy atom. The number of ether oxygens (including phenoxy) is 1. The number of nitrogens with zero attached hydrogens (tertiary/aromatic N) is 3. The zero-order valence-electron chi connectivity index (χ0n) is 12.6. The molecular formula is C14H22N6O. The fourth-order valence-corrected chi connectivity index (χ4v) is 2.88. The van der Waals surface area contributed by atoms with Crippen LogP contribution < -0.4 is 16.6 Å². The van der Waals surface area contributed by atoms with Crippen molar-refractivity contribution in [2.24, 2.45) is 11.3 Å². The number of nitrogens with one attached hydrogen (secondary N) is 2. The molecule has 1 aliphatic carbocycles. The van der Waals surface area contributed by atoms with Crippen molar-refractivity contribution >= 4 is 17.3 Å². The molecule has 0 aliphatic heterocycles. The molecule has 21 heavy (non-hydrogen) atoms. The molecule has 0 radical (unpaired) electrons. The first kappa shape index (κ1) is 14.1. The third-order valence-corrected chi connectivity index (χ3v) is 4.38. The monoisotopic (exact) mass is 290 g/mol. The maximum Gasteiger partial charge on any atom is 0.180 e. The number of aromatic nitrogens is 3. The van der Waals surface area contributed by atoms with Gasteiger partial charge in [-0.15, -0.1) is 0 Å². The highest BCUT2D eigenvalue weighted by atomic mass is 16.5. The Morgan fingerprint density at radius 2 is 2.33 bits per heavy atom. The van der Waals surface area contributed by atoms with E-state index in [9.17, 15) is 0 Å². The number of fused-ring (bicyclic) bond motifs is 1. The SMILES string of the molecule is CCOC1CC(Nc2nc(NN)cn3ccnc23)C1(C)C. The van der Waals surface area contributed by atoms with E-state index in [-0.39, 0.29) is 11.5 Å². The summed E-state index contributed by atoms with van der Waals surface area (Å²) in [6.45, 7) is 7.20. The molecule has 2 aromatic rings. The third kappa shape index (κ3) is 2.32. The Kier molecular flexibility index (Phi) is 3.46. The lowest BCUT2D eigenvalue weighted by Crippen LogP contribution is -2.58. The Morgan fingerprint density at radius 3 is 3.00 bits per heavy atom. The molecule has 1 aliphatic rings. The molecule has 2 unspecified atom stereocenters. The molecule has 2 atom stereocenters. The van der Waals surface area contributed by atoms with Gasteiger partial charge in [-0.3, -0.25) is 0 Å². The molecular weight excluding hydrogens is 268 g/mol. The third-order valence-electron chi connectivity index (χ3n) is 4.38. The molecule has 0 spiro atoms. The number of anilines is 2. The molecule has 0 saturated heterocycles. The first-order valence-electron chi connectivity index (χ1n) is 7.24. The van der Waals surface area contributed by atoms with Crippen LogP contribution in [-0.2, 0) is 4.74 Å². The Bertz CT molecular complexity index is 637. The van der Waals surface area contributed by atoms with Gasteiger partial charge in [0.1, 0.15) is 0 Å². The van der Waals surface area contributed by atoms with Gasteiger partial charge in [-0.25, -0.2) is 15.8 Å². The van der Waals surface area contributed by atoms with Gasteiger partial charge in [-0.1, -0.05) is 13.8 Å². The van der Waals surface area contributed by atoms with Gasteiger partial charge in [0.15, 0.2) is 17.3 Å². The number of nitrogens with two attached hydrogens (primary N) is 1. The normalized spacial score (nSPS) is 23.8. The van der Waals surface area contributed by atoms with Crippen LogP contribution in [-0.4, -0.2) is 33.1 Å². The number of nitrogen functional groups attached to an aromatic ring is 1. The van der Waals surface area contributed by atoms with Crippen LogP contribution >= 0.6 is 0 Å².